The van der Waals surface area contributed by atoms with Crippen LogP contribution in [-0.4, -0.2) is 16.1 Å². The minimum absolute atomic E-state index is 0.0228. The number of imidazole rings is 1. The van der Waals surface area contributed by atoms with Gasteiger partial charge in [-0.2, -0.15) is 0 Å². The predicted octanol–water partition coefficient (Wildman–Crippen LogP) is 2.52. The van der Waals surface area contributed by atoms with Crippen LogP contribution in [0.2, 0.25) is 0 Å². The van der Waals surface area contributed by atoms with Gasteiger partial charge >= 0.3 is 0 Å². The van der Waals surface area contributed by atoms with Crippen LogP contribution in [0.25, 0.3) is 0 Å². The largest absolute Gasteiger partial charge is 0.328 e. The molecule has 0 radical (unpaired) electrons. The minimum Gasteiger partial charge on any atom is -0.328 e. The van der Waals surface area contributed by atoms with E-state index in [2.05, 4.69) is 16.5 Å². The Hall–Kier alpha value is -1.68. The normalized spacial score (nSPS) is 12.6. The second-order valence-electron chi connectivity index (χ2n) is 4.30. The summed E-state index contributed by atoms with van der Waals surface area (Å²) in [6.45, 7) is 2.59. The van der Waals surface area contributed by atoms with Crippen LogP contribution in [0, 0.1) is 5.82 Å². The van der Waals surface area contributed by atoms with Gasteiger partial charge in [0.25, 0.3) is 0 Å². The standard InChI is InChI=1S/C14H18FN3/c1-2-3-14-17-8-9-18(14)13(10-16)11-4-6-12(15)7-5-11/h4-9,13H,2-3,10,16H2,1H3. The molecule has 1 atom stereocenters. The molecule has 0 saturated carbocycles. The van der Waals surface area contributed by atoms with Crippen LogP contribution in [0.1, 0.15) is 30.8 Å². The van der Waals surface area contributed by atoms with Gasteiger partial charge in [0.15, 0.2) is 0 Å². The molecule has 3 nitrogen and oxygen atoms in total. The molecule has 1 aromatic carbocycles. The maximum Gasteiger partial charge on any atom is 0.123 e. The molecule has 0 spiro atoms. The zero-order chi connectivity index (χ0) is 13.0. The molecule has 0 fully saturated rings. The zero-order valence-electron chi connectivity index (χ0n) is 10.5. The lowest BCUT2D eigenvalue weighted by atomic mass is 10.1. The SMILES string of the molecule is CCCc1nccn1C(CN)c1ccc(F)cc1. The fourth-order valence-corrected chi connectivity index (χ4v) is 2.14. The first kappa shape index (κ1) is 12.8. The molecular formula is C14H18FN3. The van der Waals surface area contributed by atoms with Crippen molar-refractivity contribution in [3.05, 3.63) is 53.9 Å². The van der Waals surface area contributed by atoms with Crippen LogP contribution >= 0.6 is 0 Å². The summed E-state index contributed by atoms with van der Waals surface area (Å²) in [4.78, 5) is 4.35. The number of nitrogens with two attached hydrogens (primary N) is 1. The summed E-state index contributed by atoms with van der Waals surface area (Å²) >= 11 is 0. The van der Waals surface area contributed by atoms with Gasteiger partial charge in [0.05, 0.1) is 6.04 Å². The molecule has 1 unspecified atom stereocenters. The van der Waals surface area contributed by atoms with E-state index in [1.807, 2.05) is 6.20 Å². The predicted molar refractivity (Wildman–Crippen MR) is 69.8 cm³/mol. The van der Waals surface area contributed by atoms with Gasteiger partial charge in [-0.05, 0) is 24.1 Å². The van der Waals surface area contributed by atoms with Crippen molar-refractivity contribution in [1.29, 1.82) is 0 Å². The van der Waals surface area contributed by atoms with Gasteiger partial charge in [-0.1, -0.05) is 19.1 Å². The number of rotatable bonds is 5. The molecule has 2 aromatic rings. The van der Waals surface area contributed by atoms with Gasteiger partial charge in [-0.25, -0.2) is 9.37 Å². The summed E-state index contributed by atoms with van der Waals surface area (Å²) < 4.78 is 15.0. The first-order valence-electron chi connectivity index (χ1n) is 6.23. The third kappa shape index (κ3) is 2.59. The van der Waals surface area contributed by atoms with Crippen molar-refractivity contribution in [2.75, 3.05) is 6.54 Å². The number of nitrogens with zero attached hydrogens (tertiary/aromatic N) is 2. The van der Waals surface area contributed by atoms with Gasteiger partial charge < -0.3 is 10.3 Å². The molecule has 0 aliphatic rings. The summed E-state index contributed by atoms with van der Waals surface area (Å²) in [5.41, 5.74) is 6.87. The van der Waals surface area contributed by atoms with Crippen molar-refractivity contribution in [1.82, 2.24) is 9.55 Å². The molecule has 0 saturated heterocycles. The fraction of sp³-hybridized carbons (Fsp3) is 0.357. The van der Waals surface area contributed by atoms with Crippen molar-refractivity contribution in [3.8, 4) is 0 Å². The van der Waals surface area contributed by atoms with E-state index in [4.69, 9.17) is 5.73 Å². The number of aromatic nitrogens is 2. The Kier molecular flexibility index (Phi) is 4.10. The number of hydrogen-bond donors (Lipinski definition) is 1. The van der Waals surface area contributed by atoms with Crippen LogP contribution in [0.5, 0.6) is 0 Å². The molecule has 0 aliphatic carbocycles. The van der Waals surface area contributed by atoms with Gasteiger partial charge in [0.2, 0.25) is 0 Å². The molecule has 96 valence electrons. The zero-order valence-corrected chi connectivity index (χ0v) is 10.5. The quantitative estimate of drug-likeness (QED) is 0.882. The summed E-state index contributed by atoms with van der Waals surface area (Å²) in [7, 11) is 0. The van der Waals surface area contributed by atoms with E-state index in [0.29, 0.717) is 6.54 Å². The van der Waals surface area contributed by atoms with Gasteiger partial charge in [-0.3, -0.25) is 0 Å². The average Bonchev–Trinajstić information content (AvgIpc) is 2.82. The number of aryl methyl sites for hydroxylation is 1. The maximum atomic E-state index is 12.9. The van der Waals surface area contributed by atoms with Crippen molar-refractivity contribution in [2.45, 2.75) is 25.8 Å². The highest BCUT2D eigenvalue weighted by Gasteiger charge is 2.14. The van der Waals surface area contributed by atoms with Gasteiger partial charge in [-0.15, -0.1) is 0 Å². The smallest absolute Gasteiger partial charge is 0.123 e. The van der Waals surface area contributed by atoms with E-state index in [-0.39, 0.29) is 11.9 Å². The Morgan fingerprint density at radius 2 is 2.06 bits per heavy atom. The second kappa shape index (κ2) is 5.78. The molecule has 1 aromatic heterocycles. The van der Waals surface area contributed by atoms with Crippen molar-refractivity contribution < 1.29 is 4.39 Å². The average molecular weight is 247 g/mol. The highest BCUT2D eigenvalue weighted by atomic mass is 19.1. The molecule has 0 bridgehead atoms. The van der Waals surface area contributed by atoms with E-state index in [1.165, 1.54) is 12.1 Å². The molecule has 18 heavy (non-hydrogen) atoms. The topological polar surface area (TPSA) is 43.8 Å². The number of hydrogen-bond acceptors (Lipinski definition) is 2. The third-order valence-electron chi connectivity index (χ3n) is 3.04. The molecule has 2 rings (SSSR count). The first-order valence-corrected chi connectivity index (χ1v) is 6.23. The highest BCUT2D eigenvalue weighted by molar-refractivity contribution is 5.22. The third-order valence-corrected chi connectivity index (χ3v) is 3.04. The highest BCUT2D eigenvalue weighted by Crippen LogP contribution is 2.20. The Morgan fingerprint density at radius 3 is 2.67 bits per heavy atom. The molecular weight excluding hydrogens is 229 g/mol. The van der Waals surface area contributed by atoms with Crippen LogP contribution in [-0.2, 0) is 6.42 Å². The van der Waals surface area contributed by atoms with Crippen LogP contribution in [0.15, 0.2) is 36.7 Å². The van der Waals surface area contributed by atoms with Crippen LogP contribution in [0.3, 0.4) is 0 Å². The summed E-state index contributed by atoms with van der Waals surface area (Å²) in [6, 6.07) is 6.52. The monoisotopic (exact) mass is 247 g/mol. The Morgan fingerprint density at radius 1 is 1.33 bits per heavy atom. The maximum absolute atomic E-state index is 12.9. The number of halogens is 1. The first-order chi connectivity index (χ1) is 8.76. The lowest BCUT2D eigenvalue weighted by Crippen LogP contribution is -2.21. The van der Waals surface area contributed by atoms with E-state index >= 15 is 0 Å². The van der Waals surface area contributed by atoms with E-state index in [9.17, 15) is 4.39 Å². The minimum atomic E-state index is -0.228. The van der Waals surface area contributed by atoms with Crippen molar-refractivity contribution in [2.24, 2.45) is 5.73 Å². The van der Waals surface area contributed by atoms with Crippen molar-refractivity contribution in [3.63, 3.8) is 0 Å². The van der Waals surface area contributed by atoms with Crippen LogP contribution < -0.4 is 5.73 Å². The summed E-state index contributed by atoms with van der Waals surface area (Å²) in [5.74, 6) is 0.797. The fourth-order valence-electron chi connectivity index (χ4n) is 2.14. The lowest BCUT2D eigenvalue weighted by Gasteiger charge is -2.19. The van der Waals surface area contributed by atoms with Crippen molar-refractivity contribution >= 4 is 0 Å². The van der Waals surface area contributed by atoms with E-state index < -0.39 is 0 Å². The second-order valence-corrected chi connectivity index (χ2v) is 4.30. The lowest BCUT2D eigenvalue weighted by molar-refractivity contribution is 0.559. The van der Waals surface area contributed by atoms with E-state index in [1.54, 1.807) is 18.3 Å². The van der Waals surface area contributed by atoms with Gasteiger partial charge in [0.1, 0.15) is 11.6 Å². The molecule has 4 heteroatoms. The molecule has 0 aliphatic heterocycles. The number of benzene rings is 1. The molecule has 1 heterocycles. The molecule has 0 amide bonds. The van der Waals surface area contributed by atoms with Crippen LogP contribution in [0.4, 0.5) is 4.39 Å². The van der Waals surface area contributed by atoms with E-state index in [0.717, 1.165) is 24.2 Å². The Bertz CT molecular complexity index is 490. The van der Waals surface area contributed by atoms with Gasteiger partial charge in [0, 0.05) is 25.4 Å². The Balaban J connectivity index is 2.32. The summed E-state index contributed by atoms with van der Waals surface area (Å²) in [6.07, 6.45) is 5.69. The Labute approximate surface area is 106 Å². The summed E-state index contributed by atoms with van der Waals surface area (Å²) in [5, 5.41) is 0. The molecule has 2 N–H and O–H groups in total.